The molecule has 0 aliphatic rings. The van der Waals surface area contributed by atoms with E-state index in [0.29, 0.717) is 29.0 Å². The number of benzene rings is 2. The number of amides is 2. The van der Waals surface area contributed by atoms with Crippen molar-refractivity contribution in [3.05, 3.63) is 72.6 Å². The van der Waals surface area contributed by atoms with Crippen LogP contribution in [0.3, 0.4) is 0 Å². The predicted octanol–water partition coefficient (Wildman–Crippen LogP) is 3.69. The third-order valence-electron chi connectivity index (χ3n) is 4.41. The molecule has 3 aromatic rings. The lowest BCUT2D eigenvalue weighted by Crippen LogP contribution is -2.18. The fraction of sp³-hybridized carbons (Fsp3) is 0.217. The smallest absolute Gasteiger partial charge is 0.234 e. The first-order valence-corrected chi connectivity index (χ1v) is 10.9. The molecule has 2 aromatic carbocycles. The Morgan fingerprint density at radius 2 is 1.81 bits per heavy atom. The van der Waals surface area contributed by atoms with Gasteiger partial charge in [0.25, 0.3) is 0 Å². The van der Waals surface area contributed by atoms with Gasteiger partial charge in [0.15, 0.2) is 5.16 Å². The quantitative estimate of drug-likeness (QED) is 0.360. The van der Waals surface area contributed by atoms with Gasteiger partial charge in [-0.3, -0.25) is 9.59 Å². The molecular weight excluding hydrogens is 426 g/mol. The normalized spacial score (nSPS) is 10.4. The second-order valence-electron chi connectivity index (χ2n) is 6.96. The van der Waals surface area contributed by atoms with Gasteiger partial charge >= 0.3 is 0 Å². The molecule has 2 amide bonds. The molecule has 1 heterocycles. The highest BCUT2D eigenvalue weighted by atomic mass is 32.2. The maximum absolute atomic E-state index is 12.5. The minimum Gasteiger partial charge on any atom is -0.497 e. The molecule has 166 valence electrons. The molecule has 0 fully saturated rings. The summed E-state index contributed by atoms with van der Waals surface area (Å²) in [5, 5.41) is 14.6. The highest BCUT2D eigenvalue weighted by Crippen LogP contribution is 2.20. The predicted molar refractivity (Wildman–Crippen MR) is 126 cm³/mol. The van der Waals surface area contributed by atoms with E-state index in [1.54, 1.807) is 42.0 Å². The van der Waals surface area contributed by atoms with Gasteiger partial charge in [0.1, 0.15) is 11.6 Å². The van der Waals surface area contributed by atoms with Crippen molar-refractivity contribution >= 4 is 35.0 Å². The van der Waals surface area contributed by atoms with Crippen LogP contribution >= 0.6 is 11.8 Å². The van der Waals surface area contributed by atoms with Gasteiger partial charge in [-0.05, 0) is 36.8 Å². The first-order valence-electron chi connectivity index (χ1n) is 9.94. The zero-order valence-electron chi connectivity index (χ0n) is 18.0. The maximum Gasteiger partial charge on any atom is 0.234 e. The third-order valence-corrected chi connectivity index (χ3v) is 5.38. The number of hydrogen-bond donors (Lipinski definition) is 2. The summed E-state index contributed by atoms with van der Waals surface area (Å²) in [6.07, 6.45) is 1.73. The summed E-state index contributed by atoms with van der Waals surface area (Å²) in [5.74, 6) is 0.932. The number of aromatic nitrogens is 3. The largest absolute Gasteiger partial charge is 0.497 e. The number of rotatable bonds is 10. The number of carbonyl (C=O) groups excluding carboxylic acids is 2. The second kappa shape index (κ2) is 11.1. The lowest BCUT2D eigenvalue weighted by Gasteiger charge is -2.09. The molecule has 2 N–H and O–H groups in total. The molecule has 0 unspecified atom stereocenters. The molecular formula is C23H25N5O3S. The molecule has 0 aliphatic carbocycles. The molecule has 0 bridgehead atoms. The van der Waals surface area contributed by atoms with E-state index in [0.717, 1.165) is 11.3 Å². The Hall–Kier alpha value is -3.59. The van der Waals surface area contributed by atoms with Crippen molar-refractivity contribution in [2.45, 2.75) is 25.0 Å². The summed E-state index contributed by atoms with van der Waals surface area (Å²) in [4.78, 5) is 24.8. The summed E-state index contributed by atoms with van der Waals surface area (Å²) in [6.45, 7) is 6.16. The van der Waals surface area contributed by atoms with E-state index in [9.17, 15) is 9.59 Å². The number of allylic oxidation sites excluding steroid dienone is 1. The van der Waals surface area contributed by atoms with E-state index in [4.69, 9.17) is 4.74 Å². The fourth-order valence-electron chi connectivity index (χ4n) is 2.97. The van der Waals surface area contributed by atoms with E-state index >= 15 is 0 Å². The monoisotopic (exact) mass is 451 g/mol. The summed E-state index contributed by atoms with van der Waals surface area (Å²) >= 11 is 1.26. The van der Waals surface area contributed by atoms with Crippen LogP contribution in [0.1, 0.15) is 11.4 Å². The average Bonchev–Trinajstić information content (AvgIpc) is 3.13. The lowest BCUT2D eigenvalue weighted by molar-refractivity contribution is -0.116. The minimum atomic E-state index is -0.232. The molecule has 9 heteroatoms. The van der Waals surface area contributed by atoms with Gasteiger partial charge in [-0.15, -0.1) is 16.8 Å². The molecule has 1 aromatic heterocycles. The summed E-state index contributed by atoms with van der Waals surface area (Å²) < 4.78 is 6.95. The highest BCUT2D eigenvalue weighted by molar-refractivity contribution is 7.99. The molecule has 0 saturated carbocycles. The number of nitrogens with zero attached hydrogens (tertiary/aromatic N) is 3. The molecule has 0 radical (unpaired) electrons. The Bertz CT molecular complexity index is 1110. The zero-order valence-corrected chi connectivity index (χ0v) is 18.8. The molecule has 8 nitrogen and oxygen atoms in total. The Balaban J connectivity index is 1.62. The van der Waals surface area contributed by atoms with Crippen LogP contribution in [0.2, 0.25) is 0 Å². The Labute approximate surface area is 191 Å². The number of anilines is 2. The van der Waals surface area contributed by atoms with Crippen LogP contribution in [-0.2, 0) is 22.6 Å². The van der Waals surface area contributed by atoms with E-state index in [1.807, 2.05) is 31.2 Å². The number of hydrogen-bond acceptors (Lipinski definition) is 6. The first kappa shape index (κ1) is 23.1. The van der Waals surface area contributed by atoms with Crippen molar-refractivity contribution in [2.24, 2.45) is 0 Å². The van der Waals surface area contributed by atoms with Crippen LogP contribution in [0.5, 0.6) is 5.75 Å². The van der Waals surface area contributed by atoms with Crippen molar-refractivity contribution in [3.63, 3.8) is 0 Å². The second-order valence-corrected chi connectivity index (χ2v) is 7.90. The first-order chi connectivity index (χ1) is 15.5. The van der Waals surface area contributed by atoms with E-state index < -0.39 is 0 Å². The number of nitrogens with one attached hydrogen (secondary N) is 2. The Kier molecular flexibility index (Phi) is 8.04. The minimum absolute atomic E-state index is 0.0358. The van der Waals surface area contributed by atoms with Gasteiger partial charge in [0.05, 0.1) is 19.3 Å². The van der Waals surface area contributed by atoms with Gasteiger partial charge in [-0.1, -0.05) is 36.0 Å². The highest BCUT2D eigenvalue weighted by Gasteiger charge is 2.16. The zero-order chi connectivity index (χ0) is 22.9. The number of thioether (sulfide) groups is 1. The van der Waals surface area contributed by atoms with Crippen LogP contribution in [0.25, 0.3) is 0 Å². The lowest BCUT2D eigenvalue weighted by atomic mass is 10.2. The van der Waals surface area contributed by atoms with Gasteiger partial charge in [0.2, 0.25) is 11.8 Å². The number of aryl methyl sites for hydroxylation is 1. The van der Waals surface area contributed by atoms with Gasteiger partial charge in [-0.2, -0.15) is 0 Å². The van der Waals surface area contributed by atoms with Crippen molar-refractivity contribution in [3.8, 4) is 5.75 Å². The number of carbonyl (C=O) groups is 2. The van der Waals surface area contributed by atoms with Gasteiger partial charge < -0.3 is 19.9 Å². The maximum atomic E-state index is 12.5. The molecule has 0 saturated heterocycles. The summed E-state index contributed by atoms with van der Waals surface area (Å²) in [7, 11) is 1.57. The summed E-state index contributed by atoms with van der Waals surface area (Å²) in [6, 6.07) is 14.7. The molecule has 0 atom stereocenters. The van der Waals surface area contributed by atoms with Crippen LogP contribution in [0.15, 0.2) is 66.3 Å². The Morgan fingerprint density at radius 3 is 2.53 bits per heavy atom. The molecule has 0 spiro atoms. The van der Waals surface area contributed by atoms with Crippen LogP contribution < -0.4 is 15.4 Å². The van der Waals surface area contributed by atoms with E-state index in [1.165, 1.54) is 11.8 Å². The Morgan fingerprint density at radius 1 is 1.09 bits per heavy atom. The van der Waals surface area contributed by atoms with E-state index in [-0.39, 0.29) is 24.0 Å². The molecule has 3 rings (SSSR count). The van der Waals surface area contributed by atoms with Crippen LogP contribution in [0, 0.1) is 6.92 Å². The SMILES string of the molecule is C=CCn1c(CC(=O)Nc2cccc(OC)c2)nnc1SCC(=O)Nc1cccc(C)c1. The summed E-state index contributed by atoms with van der Waals surface area (Å²) in [5.41, 5.74) is 2.45. The number of ether oxygens (including phenoxy) is 1. The van der Waals surface area contributed by atoms with Crippen molar-refractivity contribution in [2.75, 3.05) is 23.5 Å². The molecule has 0 aliphatic heterocycles. The van der Waals surface area contributed by atoms with Crippen molar-refractivity contribution in [1.82, 2.24) is 14.8 Å². The van der Waals surface area contributed by atoms with Gasteiger partial charge in [-0.25, -0.2) is 0 Å². The van der Waals surface area contributed by atoms with Gasteiger partial charge in [0, 0.05) is 24.0 Å². The average molecular weight is 452 g/mol. The topological polar surface area (TPSA) is 98.1 Å². The standard InChI is InChI=1S/C23H25N5O3S/c1-4-11-28-20(14-21(29)24-18-9-6-10-19(13-18)31-3)26-27-23(28)32-15-22(30)25-17-8-5-7-16(2)12-17/h4-10,12-13H,1,11,14-15H2,2-3H3,(H,24,29)(H,25,30). The molecule has 32 heavy (non-hydrogen) atoms. The number of methoxy groups -OCH3 is 1. The van der Waals surface area contributed by atoms with E-state index in [2.05, 4.69) is 27.4 Å². The van der Waals surface area contributed by atoms with Crippen LogP contribution in [0.4, 0.5) is 11.4 Å². The van der Waals surface area contributed by atoms with Crippen molar-refractivity contribution < 1.29 is 14.3 Å². The fourth-order valence-corrected chi connectivity index (χ4v) is 3.74. The van der Waals surface area contributed by atoms with Crippen LogP contribution in [-0.4, -0.2) is 39.4 Å². The third kappa shape index (κ3) is 6.45. The van der Waals surface area contributed by atoms with Crippen molar-refractivity contribution in [1.29, 1.82) is 0 Å².